The van der Waals surface area contributed by atoms with Crippen LogP contribution in [0.2, 0.25) is 0 Å². The first kappa shape index (κ1) is 18.8. The van der Waals surface area contributed by atoms with E-state index in [-0.39, 0.29) is 0 Å². The van der Waals surface area contributed by atoms with Gasteiger partial charge in [-0.3, -0.25) is 4.98 Å². The molecule has 0 saturated heterocycles. The summed E-state index contributed by atoms with van der Waals surface area (Å²) in [5, 5.41) is 2.68. The maximum absolute atomic E-state index is 12.0. The van der Waals surface area contributed by atoms with Gasteiger partial charge in [0.2, 0.25) is 0 Å². The Morgan fingerprint density at radius 1 is 1.11 bits per heavy atom. The molecule has 0 spiro atoms. The number of carbonyl (C=O) groups excluding carboxylic acids is 1. The average molecular weight is 384 g/mol. The Morgan fingerprint density at radius 3 is 2.63 bits per heavy atom. The first-order valence-electron chi connectivity index (χ1n) is 8.57. The fraction of sp³-hybridized carbons (Fsp3) is 0.250. The summed E-state index contributed by atoms with van der Waals surface area (Å²) in [6, 6.07) is 9.11. The van der Waals surface area contributed by atoms with E-state index in [1.807, 2.05) is 37.4 Å². The number of benzene rings is 1. The maximum atomic E-state index is 12.0. The highest BCUT2D eigenvalue weighted by molar-refractivity contribution is 7.13. The molecule has 2 heterocycles. The van der Waals surface area contributed by atoms with Crippen molar-refractivity contribution in [3.05, 3.63) is 47.5 Å². The molecular weight excluding hydrogens is 364 g/mol. The molecule has 7 heteroatoms. The normalized spacial score (nSPS) is 10.5. The Hall–Kier alpha value is -2.93. The molecule has 2 aromatic heterocycles. The number of thiazole rings is 1. The summed E-state index contributed by atoms with van der Waals surface area (Å²) in [6.45, 7) is 4.97. The zero-order valence-electron chi connectivity index (χ0n) is 15.4. The first-order chi connectivity index (χ1) is 13.2. The molecule has 0 bridgehead atoms. The van der Waals surface area contributed by atoms with Gasteiger partial charge in [0.25, 0.3) is 0 Å². The summed E-state index contributed by atoms with van der Waals surface area (Å²) in [5.41, 5.74) is 2.43. The van der Waals surface area contributed by atoms with E-state index in [0.29, 0.717) is 41.7 Å². The Morgan fingerprint density at radius 2 is 1.89 bits per heavy atom. The summed E-state index contributed by atoms with van der Waals surface area (Å²) < 4.78 is 16.1. The molecule has 0 amide bonds. The zero-order chi connectivity index (χ0) is 19.2. The Kier molecular flexibility index (Phi) is 6.03. The maximum Gasteiger partial charge on any atom is 0.340 e. The lowest BCUT2D eigenvalue weighted by atomic mass is 10.1. The molecule has 6 nitrogen and oxygen atoms in total. The SMILES string of the molecule is CCOc1ccc(-c2nc(-c3ncccc3C(=O)OC)cs2)cc1OCC. The smallest absolute Gasteiger partial charge is 0.340 e. The van der Waals surface area contributed by atoms with Crippen molar-refractivity contribution in [2.24, 2.45) is 0 Å². The summed E-state index contributed by atoms with van der Waals surface area (Å²) >= 11 is 1.47. The van der Waals surface area contributed by atoms with E-state index in [4.69, 9.17) is 14.2 Å². The second-order valence-electron chi connectivity index (χ2n) is 5.46. The topological polar surface area (TPSA) is 70.5 Å². The number of ether oxygens (including phenoxy) is 3. The average Bonchev–Trinajstić information content (AvgIpc) is 3.19. The van der Waals surface area contributed by atoms with Gasteiger partial charge in [-0.25, -0.2) is 9.78 Å². The number of nitrogens with zero attached hydrogens (tertiary/aromatic N) is 2. The minimum Gasteiger partial charge on any atom is -0.490 e. The lowest BCUT2D eigenvalue weighted by Gasteiger charge is -2.11. The molecule has 0 aliphatic carbocycles. The lowest BCUT2D eigenvalue weighted by Crippen LogP contribution is -2.04. The standard InChI is InChI=1S/C20H20N2O4S/c1-4-25-16-9-8-13(11-17(16)26-5-2)19-22-15(12-27-19)18-14(20(23)24-3)7-6-10-21-18/h6-12H,4-5H2,1-3H3. The molecule has 0 radical (unpaired) electrons. The van der Waals surface area contributed by atoms with E-state index in [1.54, 1.807) is 18.3 Å². The molecule has 3 rings (SSSR count). The zero-order valence-corrected chi connectivity index (χ0v) is 16.2. The highest BCUT2D eigenvalue weighted by atomic mass is 32.1. The molecule has 0 fully saturated rings. The lowest BCUT2D eigenvalue weighted by molar-refractivity contribution is 0.0601. The van der Waals surface area contributed by atoms with Gasteiger partial charge in [-0.15, -0.1) is 11.3 Å². The van der Waals surface area contributed by atoms with Gasteiger partial charge >= 0.3 is 5.97 Å². The van der Waals surface area contributed by atoms with Crippen LogP contribution in [0, 0.1) is 0 Å². The summed E-state index contributed by atoms with van der Waals surface area (Å²) in [5.74, 6) is 0.951. The third-order valence-corrected chi connectivity index (χ3v) is 4.64. The Labute approximate surface area is 161 Å². The molecule has 0 atom stereocenters. The minimum atomic E-state index is -0.438. The van der Waals surface area contributed by atoms with Crippen LogP contribution in [-0.4, -0.2) is 36.3 Å². The van der Waals surface area contributed by atoms with Gasteiger partial charge in [0, 0.05) is 17.1 Å². The quantitative estimate of drug-likeness (QED) is 0.560. The summed E-state index contributed by atoms with van der Waals surface area (Å²) in [4.78, 5) is 20.9. The van der Waals surface area contributed by atoms with Crippen LogP contribution in [0.4, 0.5) is 0 Å². The largest absolute Gasteiger partial charge is 0.490 e. The van der Waals surface area contributed by atoms with E-state index >= 15 is 0 Å². The fourth-order valence-electron chi connectivity index (χ4n) is 2.58. The molecule has 27 heavy (non-hydrogen) atoms. The van der Waals surface area contributed by atoms with Gasteiger partial charge in [0.1, 0.15) is 16.4 Å². The van der Waals surface area contributed by atoms with Crippen molar-refractivity contribution in [3.8, 4) is 33.5 Å². The third kappa shape index (κ3) is 4.09. The van der Waals surface area contributed by atoms with Gasteiger partial charge in [0.05, 0.1) is 25.9 Å². The van der Waals surface area contributed by atoms with Crippen molar-refractivity contribution < 1.29 is 19.0 Å². The molecule has 0 N–H and O–H groups in total. The van der Waals surface area contributed by atoms with Gasteiger partial charge < -0.3 is 14.2 Å². The number of aromatic nitrogens is 2. The third-order valence-electron chi connectivity index (χ3n) is 3.75. The van der Waals surface area contributed by atoms with Crippen molar-refractivity contribution in [2.45, 2.75) is 13.8 Å². The van der Waals surface area contributed by atoms with Gasteiger partial charge in [-0.2, -0.15) is 0 Å². The number of esters is 1. The van der Waals surface area contributed by atoms with Crippen LogP contribution in [0.25, 0.3) is 22.0 Å². The predicted molar refractivity (Wildman–Crippen MR) is 104 cm³/mol. The van der Waals surface area contributed by atoms with Gasteiger partial charge in [0.15, 0.2) is 11.5 Å². The second kappa shape index (κ2) is 8.64. The molecular formula is C20H20N2O4S. The van der Waals surface area contributed by atoms with E-state index in [0.717, 1.165) is 10.6 Å². The highest BCUT2D eigenvalue weighted by Gasteiger charge is 2.17. The van der Waals surface area contributed by atoms with Crippen molar-refractivity contribution in [1.82, 2.24) is 9.97 Å². The fourth-order valence-corrected chi connectivity index (χ4v) is 3.39. The number of pyridine rings is 1. The molecule has 1 aromatic carbocycles. The Balaban J connectivity index is 1.97. The first-order valence-corrected chi connectivity index (χ1v) is 9.45. The highest BCUT2D eigenvalue weighted by Crippen LogP contribution is 2.35. The number of rotatable bonds is 7. The van der Waals surface area contributed by atoms with Gasteiger partial charge in [-0.1, -0.05) is 0 Å². The monoisotopic (exact) mass is 384 g/mol. The number of hydrogen-bond acceptors (Lipinski definition) is 7. The summed E-state index contributed by atoms with van der Waals surface area (Å²) in [7, 11) is 1.35. The van der Waals surface area contributed by atoms with Crippen LogP contribution in [0.1, 0.15) is 24.2 Å². The molecule has 0 saturated carbocycles. The number of hydrogen-bond donors (Lipinski definition) is 0. The molecule has 140 valence electrons. The van der Waals surface area contributed by atoms with E-state index in [2.05, 4.69) is 9.97 Å². The van der Waals surface area contributed by atoms with Crippen molar-refractivity contribution in [3.63, 3.8) is 0 Å². The van der Waals surface area contributed by atoms with E-state index < -0.39 is 5.97 Å². The molecule has 0 aliphatic rings. The van der Waals surface area contributed by atoms with Crippen LogP contribution in [0.15, 0.2) is 41.9 Å². The van der Waals surface area contributed by atoms with Crippen molar-refractivity contribution in [2.75, 3.05) is 20.3 Å². The molecule has 3 aromatic rings. The second-order valence-corrected chi connectivity index (χ2v) is 6.31. The predicted octanol–water partition coefficient (Wildman–Crippen LogP) is 4.46. The summed E-state index contributed by atoms with van der Waals surface area (Å²) in [6.07, 6.45) is 1.63. The van der Waals surface area contributed by atoms with E-state index in [9.17, 15) is 4.79 Å². The minimum absolute atomic E-state index is 0.388. The van der Waals surface area contributed by atoms with Gasteiger partial charge in [-0.05, 0) is 44.2 Å². The van der Waals surface area contributed by atoms with Crippen LogP contribution >= 0.6 is 11.3 Å². The Bertz CT molecular complexity index is 939. The number of carbonyl (C=O) groups is 1. The molecule has 0 unspecified atom stereocenters. The van der Waals surface area contributed by atoms with Crippen LogP contribution in [0.5, 0.6) is 11.5 Å². The van der Waals surface area contributed by atoms with Crippen LogP contribution < -0.4 is 9.47 Å². The molecule has 0 aliphatic heterocycles. The van der Waals surface area contributed by atoms with Crippen molar-refractivity contribution in [1.29, 1.82) is 0 Å². The van der Waals surface area contributed by atoms with Crippen LogP contribution in [-0.2, 0) is 4.74 Å². The van der Waals surface area contributed by atoms with Crippen LogP contribution in [0.3, 0.4) is 0 Å². The van der Waals surface area contributed by atoms with Crippen molar-refractivity contribution >= 4 is 17.3 Å². The van der Waals surface area contributed by atoms with E-state index in [1.165, 1.54) is 18.4 Å². The number of methoxy groups -OCH3 is 1.